The molecule has 0 aromatic rings. The van der Waals surface area contributed by atoms with Crippen molar-refractivity contribution >= 4 is 0 Å². The highest BCUT2D eigenvalue weighted by molar-refractivity contribution is 4.98. The first-order valence-corrected chi connectivity index (χ1v) is 4.58. The van der Waals surface area contributed by atoms with Gasteiger partial charge in [0.15, 0.2) is 0 Å². The van der Waals surface area contributed by atoms with Gasteiger partial charge in [-0.3, -0.25) is 0 Å². The minimum Gasteiger partial charge on any atom is -0.394 e. The van der Waals surface area contributed by atoms with Crippen molar-refractivity contribution in [1.82, 2.24) is 5.32 Å². The lowest BCUT2D eigenvalue weighted by molar-refractivity contribution is 0.0478. The molecule has 0 saturated heterocycles. The lowest BCUT2D eigenvalue weighted by Crippen LogP contribution is -2.57. The summed E-state index contributed by atoms with van der Waals surface area (Å²) in [6.07, 6.45) is 3.43. The van der Waals surface area contributed by atoms with Crippen LogP contribution in [0.5, 0.6) is 0 Å². The minimum atomic E-state index is 0.0927. The topological polar surface area (TPSA) is 32.3 Å². The molecule has 1 fully saturated rings. The van der Waals surface area contributed by atoms with Crippen LogP contribution in [-0.4, -0.2) is 23.8 Å². The zero-order chi connectivity index (χ0) is 8.32. The second-order valence-corrected chi connectivity index (χ2v) is 3.88. The first kappa shape index (κ1) is 9.01. The highest BCUT2D eigenvalue weighted by Gasteiger charge is 2.40. The fourth-order valence-corrected chi connectivity index (χ4v) is 1.99. The van der Waals surface area contributed by atoms with Gasteiger partial charge < -0.3 is 10.4 Å². The molecule has 0 heterocycles. The Morgan fingerprint density at radius 2 is 2.18 bits per heavy atom. The summed E-state index contributed by atoms with van der Waals surface area (Å²) < 4.78 is 0. The van der Waals surface area contributed by atoms with Crippen LogP contribution in [0.2, 0.25) is 0 Å². The van der Waals surface area contributed by atoms with Gasteiger partial charge in [-0.05, 0) is 31.7 Å². The SMILES string of the molecule is CCCNC1(CO)CC(C)C1. The molecule has 0 aromatic carbocycles. The lowest BCUT2D eigenvalue weighted by atomic mass is 9.69. The third-order valence-corrected chi connectivity index (χ3v) is 2.53. The van der Waals surface area contributed by atoms with Crippen molar-refractivity contribution in [2.45, 2.75) is 38.6 Å². The van der Waals surface area contributed by atoms with Crippen molar-refractivity contribution < 1.29 is 5.11 Å². The molecule has 1 aliphatic carbocycles. The van der Waals surface area contributed by atoms with Crippen molar-refractivity contribution in [2.24, 2.45) is 5.92 Å². The van der Waals surface area contributed by atoms with E-state index in [1.807, 2.05) is 0 Å². The summed E-state index contributed by atoms with van der Waals surface area (Å²) in [5.41, 5.74) is 0.0927. The molecule has 66 valence electrons. The van der Waals surface area contributed by atoms with Gasteiger partial charge in [0, 0.05) is 5.54 Å². The maximum Gasteiger partial charge on any atom is 0.0613 e. The summed E-state index contributed by atoms with van der Waals surface area (Å²) >= 11 is 0. The van der Waals surface area contributed by atoms with Gasteiger partial charge in [-0.15, -0.1) is 0 Å². The maximum absolute atomic E-state index is 9.12. The Bertz CT molecular complexity index is 119. The Kier molecular flexibility index (Phi) is 2.90. The second-order valence-electron chi connectivity index (χ2n) is 3.88. The zero-order valence-corrected chi connectivity index (χ0v) is 7.56. The quantitative estimate of drug-likeness (QED) is 0.641. The van der Waals surface area contributed by atoms with E-state index in [4.69, 9.17) is 5.11 Å². The van der Waals surface area contributed by atoms with Gasteiger partial charge in [-0.2, -0.15) is 0 Å². The van der Waals surface area contributed by atoms with Gasteiger partial charge in [0.05, 0.1) is 6.61 Å². The molecule has 0 amide bonds. The van der Waals surface area contributed by atoms with Crippen molar-refractivity contribution in [3.05, 3.63) is 0 Å². The summed E-state index contributed by atoms with van der Waals surface area (Å²) in [6, 6.07) is 0. The molecule has 0 bridgehead atoms. The van der Waals surface area contributed by atoms with Crippen molar-refractivity contribution in [2.75, 3.05) is 13.2 Å². The lowest BCUT2D eigenvalue weighted by Gasteiger charge is -2.46. The standard InChI is InChI=1S/C9H19NO/c1-3-4-10-9(7-11)5-8(2)6-9/h8,10-11H,3-7H2,1-2H3. The normalized spacial score (nSPS) is 36.8. The summed E-state index contributed by atoms with van der Waals surface area (Å²) in [5, 5.41) is 12.5. The third kappa shape index (κ3) is 1.94. The molecule has 0 aromatic heterocycles. The van der Waals surface area contributed by atoms with Crippen molar-refractivity contribution in [1.29, 1.82) is 0 Å². The summed E-state index contributed by atoms with van der Waals surface area (Å²) in [4.78, 5) is 0. The largest absolute Gasteiger partial charge is 0.394 e. The molecule has 2 N–H and O–H groups in total. The fourth-order valence-electron chi connectivity index (χ4n) is 1.99. The van der Waals surface area contributed by atoms with E-state index < -0.39 is 0 Å². The fraction of sp³-hybridized carbons (Fsp3) is 1.00. The average molecular weight is 157 g/mol. The van der Waals surface area contributed by atoms with Gasteiger partial charge in [-0.25, -0.2) is 0 Å². The Morgan fingerprint density at radius 1 is 1.55 bits per heavy atom. The van der Waals surface area contributed by atoms with Crippen LogP contribution in [-0.2, 0) is 0 Å². The number of rotatable bonds is 4. The van der Waals surface area contributed by atoms with Crippen molar-refractivity contribution in [3.8, 4) is 0 Å². The van der Waals surface area contributed by atoms with Gasteiger partial charge in [-0.1, -0.05) is 13.8 Å². The Morgan fingerprint density at radius 3 is 2.55 bits per heavy atom. The van der Waals surface area contributed by atoms with Crippen LogP contribution < -0.4 is 5.32 Å². The number of nitrogens with one attached hydrogen (secondary N) is 1. The van der Waals surface area contributed by atoms with E-state index >= 15 is 0 Å². The zero-order valence-electron chi connectivity index (χ0n) is 7.56. The molecule has 1 rings (SSSR count). The van der Waals surface area contributed by atoms with Gasteiger partial charge in [0.1, 0.15) is 0 Å². The first-order valence-electron chi connectivity index (χ1n) is 4.58. The van der Waals surface area contributed by atoms with E-state index in [0.29, 0.717) is 6.61 Å². The first-order chi connectivity index (χ1) is 5.22. The molecule has 0 radical (unpaired) electrons. The average Bonchev–Trinajstić information content (AvgIpc) is 1.96. The number of hydrogen-bond donors (Lipinski definition) is 2. The van der Waals surface area contributed by atoms with E-state index in [-0.39, 0.29) is 5.54 Å². The summed E-state index contributed by atoms with van der Waals surface area (Å²) in [7, 11) is 0. The van der Waals surface area contributed by atoms with Crippen LogP contribution in [0, 0.1) is 5.92 Å². The molecule has 0 atom stereocenters. The van der Waals surface area contributed by atoms with E-state index in [1.54, 1.807) is 0 Å². The van der Waals surface area contributed by atoms with Crippen LogP contribution in [0.4, 0.5) is 0 Å². The van der Waals surface area contributed by atoms with E-state index in [0.717, 1.165) is 31.7 Å². The third-order valence-electron chi connectivity index (χ3n) is 2.53. The van der Waals surface area contributed by atoms with Crippen LogP contribution in [0.15, 0.2) is 0 Å². The molecule has 2 heteroatoms. The van der Waals surface area contributed by atoms with Crippen molar-refractivity contribution in [3.63, 3.8) is 0 Å². The Balaban J connectivity index is 2.26. The molecule has 1 saturated carbocycles. The molecular formula is C9H19NO. The van der Waals surface area contributed by atoms with Crippen LogP contribution in [0.3, 0.4) is 0 Å². The van der Waals surface area contributed by atoms with Crippen LogP contribution in [0.25, 0.3) is 0 Å². The predicted octanol–water partition coefficient (Wildman–Crippen LogP) is 1.15. The molecule has 11 heavy (non-hydrogen) atoms. The highest BCUT2D eigenvalue weighted by atomic mass is 16.3. The van der Waals surface area contributed by atoms with Gasteiger partial charge >= 0.3 is 0 Å². The Labute approximate surface area is 69.0 Å². The molecule has 0 unspecified atom stereocenters. The number of hydrogen-bond acceptors (Lipinski definition) is 2. The molecule has 1 aliphatic rings. The van der Waals surface area contributed by atoms with E-state index in [2.05, 4.69) is 19.2 Å². The second kappa shape index (κ2) is 3.55. The molecule has 2 nitrogen and oxygen atoms in total. The number of aliphatic hydroxyl groups excluding tert-OH is 1. The maximum atomic E-state index is 9.12. The summed E-state index contributed by atoms with van der Waals surface area (Å²) in [6.45, 7) is 5.73. The number of aliphatic hydroxyl groups is 1. The smallest absolute Gasteiger partial charge is 0.0613 e. The van der Waals surface area contributed by atoms with Gasteiger partial charge in [0.25, 0.3) is 0 Å². The minimum absolute atomic E-state index is 0.0927. The van der Waals surface area contributed by atoms with Crippen LogP contribution in [0.1, 0.15) is 33.1 Å². The monoisotopic (exact) mass is 157 g/mol. The van der Waals surface area contributed by atoms with Gasteiger partial charge in [0.2, 0.25) is 0 Å². The molecule has 0 aliphatic heterocycles. The Hall–Kier alpha value is -0.0800. The molecule has 0 spiro atoms. The molecular weight excluding hydrogens is 138 g/mol. The highest BCUT2D eigenvalue weighted by Crippen LogP contribution is 2.36. The van der Waals surface area contributed by atoms with E-state index in [9.17, 15) is 0 Å². The summed E-state index contributed by atoms with van der Waals surface area (Å²) in [5.74, 6) is 0.798. The predicted molar refractivity (Wildman–Crippen MR) is 46.5 cm³/mol. The van der Waals surface area contributed by atoms with E-state index in [1.165, 1.54) is 0 Å². The van der Waals surface area contributed by atoms with Crippen LogP contribution >= 0.6 is 0 Å².